The lowest BCUT2D eigenvalue weighted by molar-refractivity contribution is 0.335. The van der Waals surface area contributed by atoms with Crippen LogP contribution in [0.25, 0.3) is 11.2 Å². The van der Waals surface area contributed by atoms with Gasteiger partial charge in [0, 0.05) is 31.7 Å². The number of halogens is 1. The van der Waals surface area contributed by atoms with Crippen LogP contribution in [-0.2, 0) is 27.1 Å². The Morgan fingerprint density at radius 3 is 2.40 bits per heavy atom. The summed E-state index contributed by atoms with van der Waals surface area (Å²) in [7, 11) is 4.70. The Bertz CT molecular complexity index is 1470. The second-order valence-corrected chi connectivity index (χ2v) is 8.59. The highest BCUT2D eigenvalue weighted by molar-refractivity contribution is 6.30. The normalized spacial score (nSPS) is 11.1. The molecule has 10 heteroatoms. The molecule has 4 aromatic rings. The molecular weight excluding hydrogens is 470 g/mol. The van der Waals surface area contributed by atoms with Crippen LogP contribution in [0.3, 0.4) is 0 Å². The van der Waals surface area contributed by atoms with Crippen LogP contribution >= 0.6 is 11.6 Å². The van der Waals surface area contributed by atoms with Crippen molar-refractivity contribution in [3.05, 3.63) is 79.5 Å². The van der Waals surface area contributed by atoms with Crippen molar-refractivity contribution < 1.29 is 9.47 Å². The van der Waals surface area contributed by atoms with Gasteiger partial charge in [-0.1, -0.05) is 23.7 Å². The maximum absolute atomic E-state index is 13.1. The molecule has 0 atom stereocenters. The Kier molecular flexibility index (Phi) is 7.16. The van der Waals surface area contributed by atoms with Gasteiger partial charge in [-0.3, -0.25) is 18.5 Å². The van der Waals surface area contributed by atoms with Crippen LogP contribution in [0.4, 0.5) is 5.95 Å². The van der Waals surface area contributed by atoms with Gasteiger partial charge in [-0.05, 0) is 48.7 Å². The van der Waals surface area contributed by atoms with Gasteiger partial charge >= 0.3 is 5.69 Å². The summed E-state index contributed by atoms with van der Waals surface area (Å²) in [6.07, 6.45) is 0.665. The zero-order valence-corrected chi connectivity index (χ0v) is 20.9. The van der Waals surface area contributed by atoms with Gasteiger partial charge in [0.15, 0.2) is 11.2 Å². The van der Waals surface area contributed by atoms with Gasteiger partial charge in [0.1, 0.15) is 11.5 Å². The predicted molar refractivity (Wildman–Crippen MR) is 137 cm³/mol. The van der Waals surface area contributed by atoms with Crippen molar-refractivity contribution in [2.45, 2.75) is 19.9 Å². The lowest BCUT2D eigenvalue weighted by atomic mass is 10.1. The van der Waals surface area contributed by atoms with Gasteiger partial charge < -0.3 is 14.8 Å². The lowest BCUT2D eigenvalue weighted by Crippen LogP contribution is -2.37. The third-order valence-electron chi connectivity index (χ3n) is 5.79. The largest absolute Gasteiger partial charge is 0.497 e. The van der Waals surface area contributed by atoms with E-state index in [9.17, 15) is 9.59 Å². The molecule has 0 aliphatic rings. The van der Waals surface area contributed by atoms with Gasteiger partial charge in [0.05, 0.1) is 20.3 Å². The van der Waals surface area contributed by atoms with Gasteiger partial charge in [-0.25, -0.2) is 4.79 Å². The van der Waals surface area contributed by atoms with Crippen LogP contribution in [0.1, 0.15) is 18.1 Å². The minimum atomic E-state index is -0.426. The smallest absolute Gasteiger partial charge is 0.332 e. The number of hydrogen-bond donors (Lipinski definition) is 1. The lowest BCUT2D eigenvalue weighted by Gasteiger charge is -2.12. The molecule has 35 heavy (non-hydrogen) atoms. The van der Waals surface area contributed by atoms with E-state index in [0.717, 1.165) is 27.2 Å². The summed E-state index contributed by atoms with van der Waals surface area (Å²) in [5, 5.41) is 3.98. The third-order valence-corrected chi connectivity index (χ3v) is 6.04. The number of imidazole rings is 1. The molecule has 9 nitrogen and oxygen atoms in total. The molecule has 0 saturated heterocycles. The van der Waals surface area contributed by atoms with Crippen LogP contribution in [0.2, 0.25) is 5.02 Å². The molecule has 0 fully saturated rings. The van der Waals surface area contributed by atoms with Crippen LogP contribution in [0.15, 0.2) is 52.1 Å². The average molecular weight is 498 g/mol. The van der Waals surface area contributed by atoms with E-state index in [2.05, 4.69) is 10.3 Å². The van der Waals surface area contributed by atoms with Crippen molar-refractivity contribution in [2.24, 2.45) is 14.1 Å². The maximum Gasteiger partial charge on any atom is 0.332 e. The molecule has 2 heterocycles. The molecule has 0 radical (unpaired) electrons. The van der Waals surface area contributed by atoms with E-state index in [-0.39, 0.29) is 0 Å². The van der Waals surface area contributed by atoms with Gasteiger partial charge in [-0.2, -0.15) is 4.98 Å². The first kappa shape index (κ1) is 24.4. The highest BCUT2D eigenvalue weighted by Gasteiger charge is 2.19. The van der Waals surface area contributed by atoms with E-state index in [0.29, 0.717) is 48.3 Å². The summed E-state index contributed by atoms with van der Waals surface area (Å²) in [5.74, 6) is 1.97. The van der Waals surface area contributed by atoms with E-state index >= 15 is 0 Å². The molecule has 0 bridgehead atoms. The quantitative estimate of drug-likeness (QED) is 0.382. The number of anilines is 1. The summed E-state index contributed by atoms with van der Waals surface area (Å²) >= 11 is 6.04. The molecular formula is C25H28ClN5O4. The first-order chi connectivity index (χ1) is 16.8. The second kappa shape index (κ2) is 10.3. The van der Waals surface area contributed by atoms with E-state index in [4.69, 9.17) is 21.1 Å². The summed E-state index contributed by atoms with van der Waals surface area (Å²) in [6.45, 7) is 3.42. The number of hydrogen-bond acceptors (Lipinski definition) is 6. The Balaban J connectivity index is 1.69. The van der Waals surface area contributed by atoms with Crippen molar-refractivity contribution in [3.63, 3.8) is 0 Å². The van der Waals surface area contributed by atoms with Crippen LogP contribution in [0.5, 0.6) is 11.5 Å². The highest BCUT2D eigenvalue weighted by Crippen LogP contribution is 2.24. The summed E-state index contributed by atoms with van der Waals surface area (Å²) in [5.41, 5.74) is 1.84. The van der Waals surface area contributed by atoms with E-state index in [1.54, 1.807) is 30.9 Å². The third kappa shape index (κ3) is 5.05. The van der Waals surface area contributed by atoms with Crippen molar-refractivity contribution in [1.29, 1.82) is 0 Å². The molecule has 0 aliphatic carbocycles. The SMILES string of the molecule is CCOc1cc(CCNc2nc3c(c(=O)n(C)c(=O)n3C)n2Cc2ccc(Cl)cc2)cc(OC)c1. The Labute approximate surface area is 207 Å². The molecule has 0 unspecified atom stereocenters. The number of ether oxygens (including phenoxy) is 2. The standard InChI is InChI=1S/C25H28ClN5O4/c1-5-35-20-13-17(12-19(14-20)34-4)10-11-27-24-28-22-21(23(32)30(3)25(33)29(22)2)31(24)15-16-6-8-18(26)9-7-16/h6-9,12-14H,5,10-11,15H2,1-4H3,(H,27,28). The molecule has 0 spiro atoms. The monoisotopic (exact) mass is 497 g/mol. The van der Waals surface area contributed by atoms with Crippen LogP contribution in [0, 0.1) is 0 Å². The minimum Gasteiger partial charge on any atom is -0.497 e. The fraction of sp³-hybridized carbons (Fsp3) is 0.320. The zero-order chi connectivity index (χ0) is 25.1. The van der Waals surface area contributed by atoms with Crippen molar-refractivity contribution in [3.8, 4) is 11.5 Å². The topological polar surface area (TPSA) is 92.3 Å². The molecule has 0 aliphatic heterocycles. The molecule has 2 aromatic carbocycles. The number of nitrogens with one attached hydrogen (secondary N) is 1. The Morgan fingerprint density at radius 1 is 1.00 bits per heavy atom. The van der Waals surface area contributed by atoms with Crippen molar-refractivity contribution in [1.82, 2.24) is 18.7 Å². The minimum absolute atomic E-state index is 0.328. The number of aryl methyl sites for hydroxylation is 1. The summed E-state index contributed by atoms with van der Waals surface area (Å²) in [6, 6.07) is 13.2. The van der Waals surface area contributed by atoms with E-state index < -0.39 is 11.2 Å². The number of benzene rings is 2. The molecule has 184 valence electrons. The first-order valence-electron chi connectivity index (χ1n) is 11.3. The Hall–Kier alpha value is -3.72. The van der Waals surface area contributed by atoms with Gasteiger partial charge in [0.25, 0.3) is 5.56 Å². The number of fused-ring (bicyclic) bond motifs is 1. The summed E-state index contributed by atoms with van der Waals surface area (Å²) < 4.78 is 15.3. The van der Waals surface area contributed by atoms with Crippen molar-refractivity contribution in [2.75, 3.05) is 25.6 Å². The van der Waals surface area contributed by atoms with Crippen LogP contribution < -0.4 is 26.0 Å². The fourth-order valence-corrected chi connectivity index (χ4v) is 4.10. The predicted octanol–water partition coefficient (Wildman–Crippen LogP) is 3.20. The first-order valence-corrected chi connectivity index (χ1v) is 11.7. The molecule has 2 aromatic heterocycles. The fourth-order valence-electron chi connectivity index (χ4n) is 3.97. The zero-order valence-electron chi connectivity index (χ0n) is 20.2. The molecule has 1 N–H and O–H groups in total. The van der Waals surface area contributed by atoms with Gasteiger partial charge in [0.2, 0.25) is 5.95 Å². The number of nitrogens with zero attached hydrogens (tertiary/aromatic N) is 4. The highest BCUT2D eigenvalue weighted by atomic mass is 35.5. The van der Waals surface area contributed by atoms with Crippen LogP contribution in [-0.4, -0.2) is 38.9 Å². The number of aromatic nitrogens is 4. The van der Waals surface area contributed by atoms with E-state index in [1.807, 2.05) is 37.3 Å². The molecule has 0 saturated carbocycles. The molecule has 4 rings (SSSR count). The number of rotatable bonds is 9. The average Bonchev–Trinajstić information content (AvgIpc) is 3.21. The van der Waals surface area contributed by atoms with E-state index in [1.165, 1.54) is 11.6 Å². The molecule has 0 amide bonds. The number of methoxy groups -OCH3 is 1. The Morgan fingerprint density at radius 2 is 1.71 bits per heavy atom. The maximum atomic E-state index is 13.1. The van der Waals surface area contributed by atoms with Crippen molar-refractivity contribution >= 4 is 28.7 Å². The van der Waals surface area contributed by atoms with Gasteiger partial charge in [-0.15, -0.1) is 0 Å². The second-order valence-electron chi connectivity index (χ2n) is 8.15. The summed E-state index contributed by atoms with van der Waals surface area (Å²) in [4.78, 5) is 30.2.